The molecule has 4 saturated carbocycles. The number of hydrogen-bond acceptors (Lipinski definition) is 4. The highest BCUT2D eigenvalue weighted by molar-refractivity contribution is 5.94. The molecule has 0 aromatic heterocycles. The molecule has 4 fully saturated rings. The second kappa shape index (κ2) is 5.71. The van der Waals surface area contributed by atoms with Crippen LogP contribution in [0.5, 0.6) is 0 Å². The fraction of sp³-hybridized carbons (Fsp3) is 0.632. The zero-order valence-electron chi connectivity index (χ0n) is 14.5. The van der Waals surface area contributed by atoms with Crippen LogP contribution in [0.3, 0.4) is 0 Å². The van der Waals surface area contributed by atoms with E-state index in [1.807, 2.05) is 0 Å². The predicted octanol–water partition coefficient (Wildman–Crippen LogP) is 3.71. The van der Waals surface area contributed by atoms with Gasteiger partial charge in [-0.25, -0.2) is 0 Å². The van der Waals surface area contributed by atoms with Crippen molar-refractivity contribution in [3.8, 4) is 0 Å². The van der Waals surface area contributed by atoms with E-state index in [9.17, 15) is 14.9 Å². The number of rotatable bonds is 5. The van der Waals surface area contributed by atoms with E-state index in [-0.39, 0.29) is 22.7 Å². The smallest absolute Gasteiger partial charge is 0.293 e. The van der Waals surface area contributed by atoms with Crippen molar-refractivity contribution < 1.29 is 9.72 Å². The van der Waals surface area contributed by atoms with Crippen molar-refractivity contribution >= 4 is 17.3 Å². The number of carbonyl (C=O) groups excluding carboxylic acids is 1. The lowest BCUT2D eigenvalue weighted by atomic mass is 9.48. The molecule has 6 nitrogen and oxygen atoms in total. The highest BCUT2D eigenvalue weighted by Crippen LogP contribution is 2.61. The van der Waals surface area contributed by atoms with Crippen LogP contribution in [0.15, 0.2) is 18.2 Å². The van der Waals surface area contributed by atoms with Gasteiger partial charge >= 0.3 is 0 Å². The standard InChI is InChI=1S/C19H25N3O3/c1-11(19-8-12-4-13(9-19)6-14(5-12)10-19)21-16-3-2-15(18(20)23)7-17(16)22(24)25/h2-3,7,11-14,21H,4-6,8-10H2,1H3,(H2,20,23)/t11-,12?,13?,14?,19?/m0/s1. The molecule has 1 aromatic rings. The minimum Gasteiger partial charge on any atom is -0.376 e. The van der Waals surface area contributed by atoms with Gasteiger partial charge in [0.15, 0.2) is 0 Å². The Labute approximate surface area is 147 Å². The third-order valence-corrected chi connectivity index (χ3v) is 6.86. The Hall–Kier alpha value is -2.11. The molecule has 4 bridgehead atoms. The van der Waals surface area contributed by atoms with Crippen LogP contribution in [-0.4, -0.2) is 16.9 Å². The third kappa shape index (κ3) is 2.77. The van der Waals surface area contributed by atoms with E-state index in [2.05, 4.69) is 12.2 Å². The Bertz CT molecular complexity index is 695. The summed E-state index contributed by atoms with van der Waals surface area (Å²) in [6, 6.07) is 4.63. The largest absolute Gasteiger partial charge is 0.376 e. The highest BCUT2D eigenvalue weighted by Gasteiger charge is 2.53. The van der Waals surface area contributed by atoms with Gasteiger partial charge in [0.1, 0.15) is 5.69 Å². The van der Waals surface area contributed by atoms with Gasteiger partial charge in [0.25, 0.3) is 5.69 Å². The number of nitro groups is 1. The summed E-state index contributed by atoms with van der Waals surface area (Å²) >= 11 is 0. The molecule has 5 rings (SSSR count). The monoisotopic (exact) mass is 343 g/mol. The Morgan fingerprint density at radius 2 is 1.80 bits per heavy atom. The minimum absolute atomic E-state index is 0.0760. The molecule has 0 radical (unpaired) electrons. The third-order valence-electron chi connectivity index (χ3n) is 6.86. The van der Waals surface area contributed by atoms with Crippen molar-refractivity contribution in [1.82, 2.24) is 0 Å². The van der Waals surface area contributed by atoms with E-state index in [4.69, 9.17) is 5.73 Å². The van der Waals surface area contributed by atoms with Crippen LogP contribution in [0.4, 0.5) is 11.4 Å². The number of anilines is 1. The van der Waals surface area contributed by atoms with E-state index in [1.165, 1.54) is 44.6 Å². The molecule has 6 heteroatoms. The summed E-state index contributed by atoms with van der Waals surface area (Å²) < 4.78 is 0. The number of nitrogens with two attached hydrogens (primary N) is 1. The fourth-order valence-corrected chi connectivity index (χ4v) is 6.05. The van der Waals surface area contributed by atoms with E-state index in [1.54, 1.807) is 12.1 Å². The van der Waals surface area contributed by atoms with Gasteiger partial charge in [-0.15, -0.1) is 0 Å². The summed E-state index contributed by atoms with van der Waals surface area (Å²) in [6.45, 7) is 2.17. The van der Waals surface area contributed by atoms with Crippen LogP contribution in [0.2, 0.25) is 0 Å². The van der Waals surface area contributed by atoms with Crippen LogP contribution in [-0.2, 0) is 0 Å². The maximum Gasteiger partial charge on any atom is 0.293 e. The molecular formula is C19H25N3O3. The second-order valence-corrected chi connectivity index (χ2v) is 8.50. The zero-order valence-corrected chi connectivity index (χ0v) is 14.5. The minimum atomic E-state index is -0.649. The number of benzene rings is 1. The number of carbonyl (C=O) groups is 1. The summed E-state index contributed by atoms with van der Waals surface area (Å²) in [5.74, 6) is 1.86. The van der Waals surface area contributed by atoms with Crippen molar-refractivity contribution in [2.24, 2.45) is 28.9 Å². The predicted molar refractivity (Wildman–Crippen MR) is 95.3 cm³/mol. The molecule has 134 valence electrons. The molecular weight excluding hydrogens is 318 g/mol. The van der Waals surface area contributed by atoms with Crippen molar-refractivity contribution in [2.45, 2.75) is 51.5 Å². The molecule has 1 aromatic carbocycles. The van der Waals surface area contributed by atoms with Crippen LogP contribution in [0, 0.1) is 33.3 Å². The lowest BCUT2D eigenvalue weighted by molar-refractivity contribution is -0.384. The molecule has 0 saturated heterocycles. The zero-order chi connectivity index (χ0) is 17.8. The Morgan fingerprint density at radius 3 is 2.28 bits per heavy atom. The number of primary amides is 1. The van der Waals surface area contributed by atoms with Gasteiger partial charge in [-0.2, -0.15) is 0 Å². The number of nitro benzene ring substituents is 1. The number of amides is 1. The summed E-state index contributed by atoms with van der Waals surface area (Å²) in [4.78, 5) is 22.3. The van der Waals surface area contributed by atoms with Crippen LogP contribution >= 0.6 is 0 Å². The molecule has 0 unspecified atom stereocenters. The maximum atomic E-state index is 11.4. The number of nitrogens with zero attached hydrogens (tertiary/aromatic N) is 1. The van der Waals surface area contributed by atoms with Crippen molar-refractivity contribution in [1.29, 1.82) is 0 Å². The van der Waals surface area contributed by atoms with Gasteiger partial charge in [0, 0.05) is 17.7 Å². The van der Waals surface area contributed by atoms with Gasteiger partial charge in [-0.05, 0) is 80.8 Å². The first-order valence-corrected chi connectivity index (χ1v) is 9.21. The van der Waals surface area contributed by atoms with Gasteiger partial charge in [0.2, 0.25) is 5.91 Å². The summed E-state index contributed by atoms with van der Waals surface area (Å²) in [6.07, 6.45) is 7.83. The van der Waals surface area contributed by atoms with E-state index in [0.717, 1.165) is 17.8 Å². The Kier molecular flexibility index (Phi) is 3.74. The van der Waals surface area contributed by atoms with E-state index < -0.39 is 10.8 Å². The first kappa shape index (κ1) is 16.4. The summed E-state index contributed by atoms with van der Waals surface area (Å²) in [7, 11) is 0. The lowest BCUT2D eigenvalue weighted by Gasteiger charge is -2.59. The highest BCUT2D eigenvalue weighted by atomic mass is 16.6. The molecule has 0 aliphatic heterocycles. The molecule has 3 N–H and O–H groups in total. The quantitative estimate of drug-likeness (QED) is 0.629. The number of hydrogen-bond donors (Lipinski definition) is 2. The van der Waals surface area contributed by atoms with Crippen molar-refractivity contribution in [3.05, 3.63) is 33.9 Å². The molecule has 4 aliphatic carbocycles. The molecule has 0 heterocycles. The van der Waals surface area contributed by atoms with E-state index in [0.29, 0.717) is 5.69 Å². The van der Waals surface area contributed by atoms with Crippen molar-refractivity contribution in [3.63, 3.8) is 0 Å². The maximum absolute atomic E-state index is 11.4. The van der Waals surface area contributed by atoms with Gasteiger partial charge < -0.3 is 11.1 Å². The summed E-state index contributed by atoms with van der Waals surface area (Å²) in [5, 5.41) is 14.9. The first-order valence-electron chi connectivity index (χ1n) is 9.21. The number of nitrogens with one attached hydrogen (secondary N) is 1. The fourth-order valence-electron chi connectivity index (χ4n) is 6.05. The van der Waals surface area contributed by atoms with Gasteiger partial charge in [0.05, 0.1) is 4.92 Å². The molecule has 0 spiro atoms. The average molecular weight is 343 g/mol. The van der Waals surface area contributed by atoms with Crippen LogP contribution in [0.25, 0.3) is 0 Å². The molecule has 25 heavy (non-hydrogen) atoms. The van der Waals surface area contributed by atoms with Gasteiger partial charge in [-0.3, -0.25) is 14.9 Å². The van der Waals surface area contributed by atoms with Crippen LogP contribution in [0.1, 0.15) is 55.8 Å². The van der Waals surface area contributed by atoms with E-state index >= 15 is 0 Å². The molecule has 1 amide bonds. The first-order chi connectivity index (χ1) is 11.9. The Morgan fingerprint density at radius 1 is 1.24 bits per heavy atom. The average Bonchev–Trinajstić information content (AvgIpc) is 2.53. The Balaban J connectivity index is 1.60. The SMILES string of the molecule is C[C@H](Nc1ccc(C(N)=O)cc1[N+](=O)[O-])C12CC3CC(CC(C3)C1)C2. The molecule has 4 aliphatic rings. The van der Waals surface area contributed by atoms with Crippen LogP contribution < -0.4 is 11.1 Å². The second-order valence-electron chi connectivity index (χ2n) is 8.50. The molecule has 1 atom stereocenters. The normalized spacial score (nSPS) is 33.9. The van der Waals surface area contributed by atoms with Gasteiger partial charge in [-0.1, -0.05) is 0 Å². The summed E-state index contributed by atoms with van der Waals surface area (Å²) in [5.41, 5.74) is 6.08. The topological polar surface area (TPSA) is 98.3 Å². The van der Waals surface area contributed by atoms with Crippen molar-refractivity contribution in [2.75, 3.05) is 5.32 Å². The lowest BCUT2D eigenvalue weighted by Crippen LogP contribution is -2.52.